The number of hydrogen-bond acceptors (Lipinski definition) is 3. The van der Waals surface area contributed by atoms with Crippen LogP contribution < -0.4 is 0 Å². The lowest BCUT2D eigenvalue weighted by atomic mass is 9.89. The molecule has 8 aromatic carbocycles. The van der Waals surface area contributed by atoms with Crippen LogP contribution in [-0.2, 0) is 0 Å². The highest BCUT2D eigenvalue weighted by Gasteiger charge is 2.17. The van der Waals surface area contributed by atoms with E-state index in [1.807, 2.05) is 36.4 Å². The molecule has 10 rings (SSSR count). The molecule has 2 heterocycles. The third-order valence-electron chi connectivity index (χ3n) is 9.68. The van der Waals surface area contributed by atoms with Crippen LogP contribution in [0.2, 0.25) is 0 Å². The second kappa shape index (κ2) is 11.0. The van der Waals surface area contributed by atoms with Crippen LogP contribution in [0.15, 0.2) is 174 Å². The van der Waals surface area contributed by atoms with Crippen LogP contribution in [0.25, 0.3) is 99.3 Å². The summed E-state index contributed by atoms with van der Waals surface area (Å²) in [6, 6.07) is 59.7. The van der Waals surface area contributed by atoms with Gasteiger partial charge >= 0.3 is 0 Å². The van der Waals surface area contributed by atoms with Gasteiger partial charge < -0.3 is 4.42 Å². The lowest BCUT2D eigenvalue weighted by molar-refractivity contribution is 0.670. The average Bonchev–Trinajstić information content (AvgIpc) is 3.56. The van der Waals surface area contributed by atoms with E-state index in [4.69, 9.17) is 14.4 Å². The van der Waals surface area contributed by atoms with Crippen molar-refractivity contribution in [3.8, 4) is 45.0 Å². The Bertz CT molecular complexity index is 2870. The summed E-state index contributed by atoms with van der Waals surface area (Å²) in [5.74, 6) is 0.678. The molecule has 0 saturated carbocycles. The van der Waals surface area contributed by atoms with Gasteiger partial charge in [0.15, 0.2) is 5.82 Å². The Balaban J connectivity index is 1.16. The summed E-state index contributed by atoms with van der Waals surface area (Å²) in [4.78, 5) is 10.2. The molecule has 0 saturated heterocycles. The second-order valence-corrected chi connectivity index (χ2v) is 12.5. The van der Waals surface area contributed by atoms with Crippen molar-refractivity contribution in [3.05, 3.63) is 170 Å². The monoisotopic (exact) mass is 624 g/mol. The summed E-state index contributed by atoms with van der Waals surface area (Å²) < 4.78 is 6.43. The molecule has 228 valence electrons. The predicted molar refractivity (Wildman–Crippen MR) is 204 cm³/mol. The minimum Gasteiger partial charge on any atom is -0.455 e. The molecule has 2 aromatic heterocycles. The third kappa shape index (κ3) is 4.51. The Labute approximate surface area is 282 Å². The topological polar surface area (TPSA) is 38.9 Å². The van der Waals surface area contributed by atoms with E-state index < -0.39 is 0 Å². The highest BCUT2D eigenvalue weighted by atomic mass is 16.3. The first kappa shape index (κ1) is 27.5. The standard InChI is InChI=1S/C46H28N2O/c1-2-12-32(13-3-1)46-47-41(28-42(48-46)39-19-10-18-38-36-17-8-9-20-43(36)49-45(38)39)30-21-23-31(24-22-30)44-35-16-7-5-14-33(35)27-40-34-15-6-4-11-29(34)25-26-37(40)44/h1-28H. The van der Waals surface area contributed by atoms with Crippen molar-refractivity contribution < 1.29 is 4.42 Å². The molecule has 3 heteroatoms. The van der Waals surface area contributed by atoms with Crippen LogP contribution >= 0.6 is 0 Å². The molecule has 0 unspecified atom stereocenters. The molecule has 0 N–H and O–H groups in total. The quantitative estimate of drug-likeness (QED) is 0.144. The highest BCUT2D eigenvalue weighted by Crippen LogP contribution is 2.41. The van der Waals surface area contributed by atoms with Gasteiger partial charge in [0.05, 0.1) is 11.4 Å². The van der Waals surface area contributed by atoms with E-state index in [9.17, 15) is 0 Å². The van der Waals surface area contributed by atoms with Crippen molar-refractivity contribution >= 4 is 54.3 Å². The van der Waals surface area contributed by atoms with Gasteiger partial charge in [0.1, 0.15) is 11.2 Å². The first-order chi connectivity index (χ1) is 24.3. The van der Waals surface area contributed by atoms with Crippen LogP contribution in [0.3, 0.4) is 0 Å². The van der Waals surface area contributed by atoms with Crippen LogP contribution in [-0.4, -0.2) is 9.97 Å². The Morgan fingerprint density at radius 1 is 0.367 bits per heavy atom. The van der Waals surface area contributed by atoms with Crippen LogP contribution in [0, 0.1) is 0 Å². The Kier molecular flexibility index (Phi) is 6.18. The summed E-state index contributed by atoms with van der Waals surface area (Å²) >= 11 is 0. The zero-order chi connectivity index (χ0) is 32.3. The van der Waals surface area contributed by atoms with E-state index >= 15 is 0 Å². The average molecular weight is 625 g/mol. The van der Waals surface area contributed by atoms with Crippen molar-refractivity contribution in [1.29, 1.82) is 0 Å². The first-order valence-electron chi connectivity index (χ1n) is 16.6. The summed E-state index contributed by atoms with van der Waals surface area (Å²) in [6.45, 7) is 0. The SMILES string of the molecule is c1ccc(-c2nc(-c3ccc(-c4c5ccccc5cc5c4ccc4ccccc45)cc3)cc(-c3cccc4c3oc3ccccc34)n2)cc1. The van der Waals surface area contributed by atoms with Crippen LogP contribution in [0.1, 0.15) is 0 Å². The normalized spacial score (nSPS) is 11.7. The Morgan fingerprint density at radius 3 is 1.90 bits per heavy atom. The summed E-state index contributed by atoms with van der Waals surface area (Å²) in [5.41, 5.74) is 8.73. The van der Waals surface area contributed by atoms with Crippen molar-refractivity contribution in [1.82, 2.24) is 9.97 Å². The van der Waals surface area contributed by atoms with Crippen molar-refractivity contribution in [3.63, 3.8) is 0 Å². The molecule has 0 amide bonds. The molecule has 3 nitrogen and oxygen atoms in total. The number of hydrogen-bond donors (Lipinski definition) is 0. The lowest BCUT2D eigenvalue weighted by Gasteiger charge is -2.15. The highest BCUT2D eigenvalue weighted by molar-refractivity contribution is 6.20. The molecule has 10 aromatic rings. The molecule has 0 radical (unpaired) electrons. The maximum Gasteiger partial charge on any atom is 0.160 e. The maximum atomic E-state index is 6.43. The van der Waals surface area contributed by atoms with Crippen molar-refractivity contribution in [2.24, 2.45) is 0 Å². The minimum atomic E-state index is 0.678. The first-order valence-corrected chi connectivity index (χ1v) is 16.6. The van der Waals surface area contributed by atoms with Gasteiger partial charge in [-0.05, 0) is 67.7 Å². The molecule has 0 atom stereocenters. The Hall–Kier alpha value is -6.58. The number of benzene rings is 8. The molecule has 0 aliphatic rings. The van der Waals surface area contributed by atoms with E-state index in [1.54, 1.807) is 0 Å². The molecule has 0 aliphatic carbocycles. The lowest BCUT2D eigenvalue weighted by Crippen LogP contribution is -1.96. The summed E-state index contributed by atoms with van der Waals surface area (Å²) in [7, 11) is 0. The molecule has 0 aliphatic heterocycles. The zero-order valence-corrected chi connectivity index (χ0v) is 26.5. The number of furan rings is 1. The molecular formula is C46H28N2O. The molecule has 0 spiro atoms. The zero-order valence-electron chi connectivity index (χ0n) is 26.5. The number of aromatic nitrogens is 2. The number of para-hydroxylation sites is 2. The maximum absolute atomic E-state index is 6.43. The molecule has 0 bridgehead atoms. The van der Waals surface area contributed by atoms with E-state index in [-0.39, 0.29) is 0 Å². The summed E-state index contributed by atoms with van der Waals surface area (Å²) in [5, 5.41) is 9.69. The van der Waals surface area contributed by atoms with Crippen molar-refractivity contribution in [2.75, 3.05) is 0 Å². The second-order valence-electron chi connectivity index (χ2n) is 12.5. The largest absolute Gasteiger partial charge is 0.455 e. The smallest absolute Gasteiger partial charge is 0.160 e. The summed E-state index contributed by atoms with van der Waals surface area (Å²) in [6.07, 6.45) is 0. The molecule has 0 fully saturated rings. The van der Waals surface area contributed by atoms with Gasteiger partial charge in [-0.15, -0.1) is 0 Å². The van der Waals surface area contributed by atoms with Crippen molar-refractivity contribution in [2.45, 2.75) is 0 Å². The van der Waals surface area contributed by atoms with Crippen LogP contribution in [0.5, 0.6) is 0 Å². The van der Waals surface area contributed by atoms with Crippen LogP contribution in [0.4, 0.5) is 0 Å². The number of nitrogens with zero attached hydrogens (tertiary/aromatic N) is 2. The fourth-order valence-corrected chi connectivity index (χ4v) is 7.34. The van der Waals surface area contributed by atoms with E-state index in [0.29, 0.717) is 5.82 Å². The fourth-order valence-electron chi connectivity index (χ4n) is 7.34. The molecular weight excluding hydrogens is 597 g/mol. The van der Waals surface area contributed by atoms with Gasteiger partial charge in [0.25, 0.3) is 0 Å². The molecule has 49 heavy (non-hydrogen) atoms. The third-order valence-corrected chi connectivity index (χ3v) is 9.68. The van der Waals surface area contributed by atoms with E-state index in [2.05, 4.69) is 133 Å². The van der Waals surface area contributed by atoms with Gasteiger partial charge in [-0.3, -0.25) is 0 Å². The number of fused-ring (bicyclic) bond motifs is 7. The van der Waals surface area contributed by atoms with E-state index in [1.165, 1.54) is 43.4 Å². The van der Waals surface area contributed by atoms with Gasteiger partial charge in [-0.25, -0.2) is 9.97 Å². The number of rotatable bonds is 4. The van der Waals surface area contributed by atoms with Gasteiger partial charge in [-0.1, -0.05) is 146 Å². The Morgan fingerprint density at radius 2 is 1.04 bits per heavy atom. The van der Waals surface area contributed by atoms with Gasteiger partial charge in [0.2, 0.25) is 0 Å². The van der Waals surface area contributed by atoms with E-state index in [0.717, 1.165) is 50.0 Å². The predicted octanol–water partition coefficient (Wildman–Crippen LogP) is 12.5. The van der Waals surface area contributed by atoms with Gasteiger partial charge in [-0.2, -0.15) is 0 Å². The van der Waals surface area contributed by atoms with Gasteiger partial charge in [0, 0.05) is 27.5 Å². The fraction of sp³-hybridized carbons (Fsp3) is 0. The minimum absolute atomic E-state index is 0.678.